The summed E-state index contributed by atoms with van der Waals surface area (Å²) in [5, 5.41) is 10.4. The molecule has 1 saturated heterocycles. The number of benzene rings is 2. The number of carbonyl (C=O) groups excluding carboxylic acids is 1. The number of anilines is 3. The Morgan fingerprint density at radius 3 is 2.72 bits per heavy atom. The number of fused-ring (bicyclic) bond motifs is 1. The van der Waals surface area contributed by atoms with Gasteiger partial charge in [-0.1, -0.05) is 12.1 Å². The fourth-order valence-corrected chi connectivity index (χ4v) is 3.68. The van der Waals surface area contributed by atoms with E-state index in [1.165, 1.54) is 7.11 Å². The number of ether oxygens (including phenoxy) is 2. The van der Waals surface area contributed by atoms with Gasteiger partial charge in [0.05, 0.1) is 32.1 Å². The van der Waals surface area contributed by atoms with E-state index in [4.69, 9.17) is 14.5 Å². The average molecular weight is 430 g/mol. The second-order valence-electron chi connectivity index (χ2n) is 7.37. The Morgan fingerprint density at radius 2 is 1.94 bits per heavy atom. The summed E-state index contributed by atoms with van der Waals surface area (Å²) in [4.78, 5) is 23.5. The maximum absolute atomic E-state index is 11.9. The third kappa shape index (κ3) is 3.97. The van der Waals surface area contributed by atoms with Gasteiger partial charge in [0.1, 0.15) is 11.0 Å². The number of nitrogens with zero attached hydrogens (tertiary/aromatic N) is 4. The molecule has 5 rings (SSSR count). The summed E-state index contributed by atoms with van der Waals surface area (Å²) in [5.41, 5.74) is 4.58. The van der Waals surface area contributed by atoms with Gasteiger partial charge in [-0.2, -0.15) is 5.10 Å². The number of hydrogen-bond donors (Lipinski definition) is 2. The predicted octanol–water partition coefficient (Wildman–Crippen LogP) is 3.39. The lowest BCUT2D eigenvalue weighted by atomic mass is 10.1. The molecule has 0 radical (unpaired) electrons. The zero-order valence-corrected chi connectivity index (χ0v) is 17.5. The Bertz CT molecular complexity index is 1250. The zero-order valence-electron chi connectivity index (χ0n) is 17.5. The first-order chi connectivity index (χ1) is 15.7. The van der Waals surface area contributed by atoms with Gasteiger partial charge < -0.3 is 19.7 Å². The van der Waals surface area contributed by atoms with Crippen LogP contribution in [-0.2, 0) is 9.47 Å². The van der Waals surface area contributed by atoms with Crippen LogP contribution >= 0.6 is 0 Å². The van der Waals surface area contributed by atoms with E-state index >= 15 is 0 Å². The number of methoxy groups -OCH3 is 1. The van der Waals surface area contributed by atoms with E-state index in [0.29, 0.717) is 33.8 Å². The molecule has 4 aromatic rings. The van der Waals surface area contributed by atoms with Crippen molar-refractivity contribution in [2.24, 2.45) is 0 Å². The third-order valence-corrected chi connectivity index (χ3v) is 5.35. The SMILES string of the molecule is COC(=O)c1cccc(-c2nc(Nc3ccc(N4CCOCC4)cc3)c3[nH]ncc3n2)c1. The van der Waals surface area contributed by atoms with Gasteiger partial charge in [-0.3, -0.25) is 5.10 Å². The maximum Gasteiger partial charge on any atom is 0.337 e. The fourth-order valence-electron chi connectivity index (χ4n) is 3.68. The van der Waals surface area contributed by atoms with E-state index in [1.54, 1.807) is 24.4 Å². The van der Waals surface area contributed by atoms with Crippen LogP contribution in [0.2, 0.25) is 0 Å². The minimum atomic E-state index is -0.407. The van der Waals surface area contributed by atoms with Crippen LogP contribution in [0, 0.1) is 0 Å². The van der Waals surface area contributed by atoms with Gasteiger partial charge >= 0.3 is 5.97 Å². The van der Waals surface area contributed by atoms with Crippen LogP contribution in [0.25, 0.3) is 22.4 Å². The van der Waals surface area contributed by atoms with Crippen LogP contribution in [0.15, 0.2) is 54.7 Å². The van der Waals surface area contributed by atoms with Crippen molar-refractivity contribution in [2.45, 2.75) is 0 Å². The summed E-state index contributed by atoms with van der Waals surface area (Å²) in [6, 6.07) is 15.3. The molecule has 2 aromatic carbocycles. The van der Waals surface area contributed by atoms with Crippen LogP contribution in [0.3, 0.4) is 0 Å². The minimum absolute atomic E-state index is 0.407. The highest BCUT2D eigenvalue weighted by Crippen LogP contribution is 2.27. The molecule has 9 heteroatoms. The van der Waals surface area contributed by atoms with E-state index in [2.05, 4.69) is 37.5 Å². The predicted molar refractivity (Wildman–Crippen MR) is 121 cm³/mol. The molecule has 1 aliphatic rings. The first kappa shape index (κ1) is 20.0. The standard InChI is InChI=1S/C23H22N6O3/c1-31-23(30)16-4-2-3-15(13-16)21-26-19-14-24-28-20(19)22(27-21)25-17-5-7-18(8-6-17)29-9-11-32-12-10-29/h2-8,13-14H,9-12H2,1H3,(H,24,28)(H,25,26,27). The fraction of sp³-hybridized carbons (Fsp3) is 0.217. The second-order valence-corrected chi connectivity index (χ2v) is 7.37. The summed E-state index contributed by atoms with van der Waals surface area (Å²) in [5.74, 6) is 0.678. The van der Waals surface area contributed by atoms with Gasteiger partial charge in [-0.25, -0.2) is 14.8 Å². The van der Waals surface area contributed by atoms with E-state index < -0.39 is 5.97 Å². The molecule has 0 amide bonds. The molecule has 0 bridgehead atoms. The van der Waals surface area contributed by atoms with E-state index in [1.807, 2.05) is 18.2 Å². The smallest absolute Gasteiger partial charge is 0.337 e. The molecule has 0 unspecified atom stereocenters. The minimum Gasteiger partial charge on any atom is -0.465 e. The first-order valence-corrected chi connectivity index (χ1v) is 10.3. The molecule has 0 saturated carbocycles. The lowest BCUT2D eigenvalue weighted by molar-refractivity contribution is 0.0601. The molecule has 162 valence electrons. The maximum atomic E-state index is 11.9. The van der Waals surface area contributed by atoms with E-state index in [9.17, 15) is 4.79 Å². The molecular weight excluding hydrogens is 408 g/mol. The number of aromatic nitrogens is 4. The molecule has 9 nitrogen and oxygen atoms in total. The Morgan fingerprint density at radius 1 is 1.12 bits per heavy atom. The van der Waals surface area contributed by atoms with Gasteiger partial charge in [0.15, 0.2) is 11.6 Å². The highest BCUT2D eigenvalue weighted by Gasteiger charge is 2.15. The highest BCUT2D eigenvalue weighted by atomic mass is 16.5. The molecule has 0 aliphatic carbocycles. The van der Waals surface area contributed by atoms with Crippen molar-refractivity contribution < 1.29 is 14.3 Å². The lowest BCUT2D eigenvalue weighted by Gasteiger charge is -2.28. The number of hydrogen-bond acceptors (Lipinski definition) is 8. The Balaban J connectivity index is 1.45. The zero-order chi connectivity index (χ0) is 21.9. The second kappa shape index (κ2) is 8.64. The monoisotopic (exact) mass is 430 g/mol. The summed E-state index contributed by atoms with van der Waals surface area (Å²) in [7, 11) is 1.36. The Kier molecular flexibility index (Phi) is 5.39. The summed E-state index contributed by atoms with van der Waals surface area (Å²) < 4.78 is 10.3. The Hall–Kier alpha value is -3.98. The Labute approximate surface area is 184 Å². The number of H-pyrrole nitrogens is 1. The number of carbonyl (C=O) groups is 1. The summed E-state index contributed by atoms with van der Waals surface area (Å²) in [6.45, 7) is 3.28. The van der Waals surface area contributed by atoms with Gasteiger partial charge in [-0.05, 0) is 36.4 Å². The summed E-state index contributed by atoms with van der Waals surface area (Å²) in [6.07, 6.45) is 1.65. The molecule has 1 fully saturated rings. The first-order valence-electron chi connectivity index (χ1n) is 10.3. The molecular formula is C23H22N6O3. The lowest BCUT2D eigenvalue weighted by Crippen LogP contribution is -2.36. The van der Waals surface area contributed by atoms with Gasteiger partial charge in [0.2, 0.25) is 0 Å². The van der Waals surface area contributed by atoms with Gasteiger partial charge in [0, 0.05) is 30.0 Å². The van der Waals surface area contributed by atoms with Crippen molar-refractivity contribution in [3.63, 3.8) is 0 Å². The molecule has 2 N–H and O–H groups in total. The van der Waals surface area contributed by atoms with Crippen molar-refractivity contribution in [1.29, 1.82) is 0 Å². The largest absolute Gasteiger partial charge is 0.465 e. The van der Waals surface area contributed by atoms with Crippen molar-refractivity contribution in [2.75, 3.05) is 43.6 Å². The highest BCUT2D eigenvalue weighted by molar-refractivity contribution is 5.92. The molecule has 1 aliphatic heterocycles. The average Bonchev–Trinajstić information content (AvgIpc) is 3.34. The van der Waals surface area contributed by atoms with Crippen LogP contribution in [0.5, 0.6) is 0 Å². The van der Waals surface area contributed by atoms with Crippen LogP contribution in [0.1, 0.15) is 10.4 Å². The molecule has 0 atom stereocenters. The van der Waals surface area contributed by atoms with E-state index in [-0.39, 0.29) is 0 Å². The van der Waals surface area contributed by atoms with Crippen molar-refractivity contribution in [3.05, 3.63) is 60.3 Å². The van der Waals surface area contributed by atoms with Crippen molar-refractivity contribution >= 4 is 34.2 Å². The summed E-state index contributed by atoms with van der Waals surface area (Å²) >= 11 is 0. The number of aromatic amines is 1. The van der Waals surface area contributed by atoms with Crippen molar-refractivity contribution in [3.8, 4) is 11.4 Å². The number of esters is 1. The quantitative estimate of drug-likeness (QED) is 0.464. The van der Waals surface area contributed by atoms with Gasteiger partial charge in [0.25, 0.3) is 0 Å². The number of nitrogens with one attached hydrogen (secondary N) is 2. The van der Waals surface area contributed by atoms with Crippen LogP contribution < -0.4 is 10.2 Å². The topological polar surface area (TPSA) is 105 Å². The number of morpholine rings is 1. The molecule has 32 heavy (non-hydrogen) atoms. The van der Waals surface area contributed by atoms with E-state index in [0.717, 1.165) is 37.7 Å². The molecule has 2 aromatic heterocycles. The van der Waals surface area contributed by atoms with Gasteiger partial charge in [-0.15, -0.1) is 0 Å². The third-order valence-electron chi connectivity index (χ3n) is 5.35. The van der Waals surface area contributed by atoms with Crippen LogP contribution in [-0.4, -0.2) is 59.5 Å². The molecule has 3 heterocycles. The molecule has 0 spiro atoms. The number of rotatable bonds is 5. The van der Waals surface area contributed by atoms with Crippen LogP contribution in [0.4, 0.5) is 17.2 Å². The van der Waals surface area contributed by atoms with Crippen molar-refractivity contribution in [1.82, 2.24) is 20.2 Å². The normalized spacial score (nSPS) is 13.8.